The predicted molar refractivity (Wildman–Crippen MR) is 90.2 cm³/mol. The number of nitrogens with one attached hydrogen (secondary N) is 1. The lowest BCUT2D eigenvalue weighted by Gasteiger charge is -2.33. The molecule has 0 radical (unpaired) electrons. The van der Waals surface area contributed by atoms with Crippen LogP contribution in [0.4, 0.5) is 0 Å². The van der Waals surface area contributed by atoms with Crippen molar-refractivity contribution >= 4 is 10.2 Å². The van der Waals surface area contributed by atoms with Gasteiger partial charge in [0, 0.05) is 39.1 Å². The number of aromatic nitrogens is 4. The molecule has 0 amide bonds. The summed E-state index contributed by atoms with van der Waals surface area (Å²) in [6.45, 7) is 1.12. The zero-order chi connectivity index (χ0) is 17.2. The van der Waals surface area contributed by atoms with Gasteiger partial charge in [-0.3, -0.25) is 5.10 Å². The standard InChI is InChI=1S/C15H22N6O2S/c1-20(2)24(22,23)21-7-3-4-12(10-21)8-13-9-15(17-11-16-13)14-5-6-18-19-14/h5-6,9,11-12H,3-4,7-8,10H2,1-2H3,(H,18,19)/t12-/m0/s1. The molecule has 130 valence electrons. The molecular formula is C15H22N6O2S. The summed E-state index contributed by atoms with van der Waals surface area (Å²) in [6, 6.07) is 3.80. The van der Waals surface area contributed by atoms with Crippen molar-refractivity contribution in [1.29, 1.82) is 0 Å². The Morgan fingerprint density at radius 1 is 1.38 bits per heavy atom. The van der Waals surface area contributed by atoms with Crippen LogP contribution in [0.1, 0.15) is 18.5 Å². The summed E-state index contributed by atoms with van der Waals surface area (Å²) in [5, 5.41) is 6.82. The fourth-order valence-electron chi connectivity index (χ4n) is 2.98. The molecule has 0 aromatic carbocycles. The van der Waals surface area contributed by atoms with E-state index in [-0.39, 0.29) is 5.92 Å². The van der Waals surface area contributed by atoms with Crippen molar-refractivity contribution in [2.24, 2.45) is 5.92 Å². The minimum atomic E-state index is -3.35. The Balaban J connectivity index is 1.71. The van der Waals surface area contributed by atoms with Crippen molar-refractivity contribution in [3.8, 4) is 11.4 Å². The minimum Gasteiger partial charge on any atom is -0.276 e. The van der Waals surface area contributed by atoms with Crippen molar-refractivity contribution in [2.45, 2.75) is 19.3 Å². The molecule has 0 spiro atoms. The molecule has 3 heterocycles. The van der Waals surface area contributed by atoms with Gasteiger partial charge in [0.2, 0.25) is 0 Å². The molecule has 0 unspecified atom stereocenters. The number of rotatable bonds is 5. The number of aromatic amines is 1. The lowest BCUT2D eigenvalue weighted by atomic mass is 9.94. The molecule has 1 N–H and O–H groups in total. The monoisotopic (exact) mass is 350 g/mol. The highest BCUT2D eigenvalue weighted by Crippen LogP contribution is 2.24. The molecule has 1 atom stereocenters. The molecule has 2 aromatic heterocycles. The Morgan fingerprint density at radius 3 is 2.92 bits per heavy atom. The molecule has 0 saturated carbocycles. The summed E-state index contributed by atoms with van der Waals surface area (Å²) in [5.41, 5.74) is 2.56. The van der Waals surface area contributed by atoms with Gasteiger partial charge in [-0.1, -0.05) is 0 Å². The highest BCUT2D eigenvalue weighted by atomic mass is 32.2. The largest absolute Gasteiger partial charge is 0.281 e. The first-order chi connectivity index (χ1) is 11.5. The lowest BCUT2D eigenvalue weighted by Crippen LogP contribution is -2.45. The Kier molecular flexibility index (Phi) is 4.93. The third-order valence-electron chi connectivity index (χ3n) is 4.27. The zero-order valence-electron chi connectivity index (χ0n) is 13.9. The summed E-state index contributed by atoms with van der Waals surface area (Å²) < 4.78 is 27.5. The molecule has 1 aliphatic rings. The average molecular weight is 350 g/mol. The maximum atomic E-state index is 12.3. The fraction of sp³-hybridized carbons (Fsp3) is 0.533. The van der Waals surface area contributed by atoms with Crippen LogP contribution in [0.3, 0.4) is 0 Å². The van der Waals surface area contributed by atoms with E-state index in [0.29, 0.717) is 13.1 Å². The number of hydrogen-bond acceptors (Lipinski definition) is 5. The Bertz CT molecular complexity index is 775. The Hall–Kier alpha value is -1.84. The normalized spacial score (nSPS) is 19.7. The molecule has 1 saturated heterocycles. The molecule has 0 bridgehead atoms. The third-order valence-corrected chi connectivity index (χ3v) is 6.17. The van der Waals surface area contributed by atoms with Crippen LogP contribution >= 0.6 is 0 Å². The lowest BCUT2D eigenvalue weighted by molar-refractivity contribution is 0.253. The molecule has 24 heavy (non-hydrogen) atoms. The molecule has 1 aliphatic heterocycles. The van der Waals surface area contributed by atoms with Gasteiger partial charge < -0.3 is 0 Å². The van der Waals surface area contributed by atoms with E-state index in [4.69, 9.17) is 0 Å². The van der Waals surface area contributed by atoms with Gasteiger partial charge in [-0.15, -0.1) is 0 Å². The van der Waals surface area contributed by atoms with Crippen LogP contribution in [0.25, 0.3) is 11.4 Å². The molecule has 1 fully saturated rings. The van der Waals surface area contributed by atoms with Gasteiger partial charge in [0.1, 0.15) is 6.33 Å². The van der Waals surface area contributed by atoms with Gasteiger partial charge in [-0.25, -0.2) is 9.97 Å². The van der Waals surface area contributed by atoms with Crippen LogP contribution in [-0.2, 0) is 16.6 Å². The summed E-state index contributed by atoms with van der Waals surface area (Å²) in [5.74, 6) is 0.262. The van der Waals surface area contributed by atoms with Crippen molar-refractivity contribution < 1.29 is 8.42 Å². The van der Waals surface area contributed by atoms with Gasteiger partial charge in [0.05, 0.1) is 11.4 Å². The predicted octanol–water partition coefficient (Wildman–Crippen LogP) is 0.928. The van der Waals surface area contributed by atoms with Crippen LogP contribution in [0, 0.1) is 5.92 Å². The van der Waals surface area contributed by atoms with Crippen molar-refractivity contribution in [2.75, 3.05) is 27.2 Å². The van der Waals surface area contributed by atoms with E-state index in [2.05, 4.69) is 20.2 Å². The fourth-order valence-corrected chi connectivity index (χ4v) is 4.21. The highest BCUT2D eigenvalue weighted by Gasteiger charge is 2.30. The number of piperidine rings is 1. The van der Waals surface area contributed by atoms with E-state index in [0.717, 1.165) is 36.3 Å². The second-order valence-electron chi connectivity index (χ2n) is 6.23. The molecule has 2 aromatic rings. The summed E-state index contributed by atoms with van der Waals surface area (Å²) >= 11 is 0. The van der Waals surface area contributed by atoms with E-state index in [1.165, 1.54) is 4.31 Å². The van der Waals surface area contributed by atoms with Gasteiger partial charge >= 0.3 is 0 Å². The summed E-state index contributed by atoms with van der Waals surface area (Å²) in [7, 11) is -0.209. The van der Waals surface area contributed by atoms with Gasteiger partial charge in [0.25, 0.3) is 10.2 Å². The van der Waals surface area contributed by atoms with Crippen LogP contribution < -0.4 is 0 Å². The maximum Gasteiger partial charge on any atom is 0.281 e. The smallest absolute Gasteiger partial charge is 0.276 e. The number of nitrogens with zero attached hydrogens (tertiary/aromatic N) is 5. The molecule has 3 rings (SSSR count). The van der Waals surface area contributed by atoms with Crippen LogP contribution in [-0.4, -0.2) is 64.4 Å². The summed E-state index contributed by atoms with van der Waals surface area (Å²) in [4.78, 5) is 8.60. The maximum absolute atomic E-state index is 12.3. The average Bonchev–Trinajstić information content (AvgIpc) is 3.10. The zero-order valence-corrected chi connectivity index (χ0v) is 14.7. The second kappa shape index (κ2) is 6.96. The Labute approximate surface area is 142 Å². The first-order valence-corrected chi connectivity index (χ1v) is 9.35. The first-order valence-electron chi connectivity index (χ1n) is 7.95. The van der Waals surface area contributed by atoms with Crippen LogP contribution in [0.5, 0.6) is 0 Å². The third kappa shape index (κ3) is 3.63. The van der Waals surface area contributed by atoms with E-state index in [1.807, 2.05) is 12.1 Å². The quantitative estimate of drug-likeness (QED) is 0.865. The molecular weight excluding hydrogens is 328 g/mol. The topological polar surface area (TPSA) is 95.1 Å². The van der Waals surface area contributed by atoms with E-state index >= 15 is 0 Å². The van der Waals surface area contributed by atoms with Crippen LogP contribution in [0.15, 0.2) is 24.7 Å². The van der Waals surface area contributed by atoms with Gasteiger partial charge in [-0.2, -0.15) is 22.1 Å². The minimum absolute atomic E-state index is 0.262. The van der Waals surface area contributed by atoms with Gasteiger partial charge in [0.15, 0.2) is 0 Å². The Morgan fingerprint density at radius 2 is 2.21 bits per heavy atom. The van der Waals surface area contributed by atoms with Crippen molar-refractivity contribution in [3.63, 3.8) is 0 Å². The molecule has 8 nitrogen and oxygen atoms in total. The molecule has 9 heteroatoms. The number of H-pyrrole nitrogens is 1. The SMILES string of the molecule is CN(C)S(=O)(=O)N1CCC[C@@H](Cc2cc(-c3ccn[nH]3)ncn2)C1. The number of hydrogen-bond donors (Lipinski definition) is 1. The van der Waals surface area contributed by atoms with Crippen molar-refractivity contribution in [1.82, 2.24) is 28.8 Å². The van der Waals surface area contributed by atoms with E-state index < -0.39 is 10.2 Å². The van der Waals surface area contributed by atoms with Gasteiger partial charge in [-0.05, 0) is 37.3 Å². The van der Waals surface area contributed by atoms with E-state index in [1.54, 1.807) is 30.9 Å². The first kappa shape index (κ1) is 17.0. The molecule has 0 aliphatic carbocycles. The van der Waals surface area contributed by atoms with Crippen LogP contribution in [0.2, 0.25) is 0 Å². The van der Waals surface area contributed by atoms with E-state index in [9.17, 15) is 8.42 Å². The summed E-state index contributed by atoms with van der Waals surface area (Å²) in [6.07, 6.45) is 5.84. The second-order valence-corrected chi connectivity index (χ2v) is 8.37. The highest BCUT2D eigenvalue weighted by molar-refractivity contribution is 7.86. The van der Waals surface area contributed by atoms with Crippen molar-refractivity contribution in [3.05, 3.63) is 30.4 Å².